The van der Waals surface area contributed by atoms with Gasteiger partial charge < -0.3 is 9.47 Å². The van der Waals surface area contributed by atoms with Crippen molar-refractivity contribution in [2.75, 3.05) is 7.11 Å². The summed E-state index contributed by atoms with van der Waals surface area (Å²) >= 11 is 0. The third-order valence-electron chi connectivity index (χ3n) is 19.3. The number of carbonyl (C=O) groups excluding carboxylic acids is 2. The highest BCUT2D eigenvalue weighted by Crippen LogP contribution is 2.76. The molecule has 0 heterocycles. The lowest BCUT2D eigenvalue weighted by Gasteiger charge is -2.71. The fraction of sp³-hybridized carbons (Fsp3) is 0.927. The van der Waals surface area contributed by atoms with Crippen LogP contribution in [-0.4, -0.2) is 25.2 Å². The highest BCUT2D eigenvalue weighted by molar-refractivity contribution is 5.78. The summed E-state index contributed by atoms with van der Waals surface area (Å²) < 4.78 is 12.0. The van der Waals surface area contributed by atoms with Gasteiger partial charge in [0.2, 0.25) is 0 Å². The molecule has 0 aromatic rings. The van der Waals surface area contributed by atoms with E-state index in [1.165, 1.54) is 135 Å². The molecule has 340 valence electrons. The lowest BCUT2D eigenvalue weighted by Crippen LogP contribution is -2.65. The van der Waals surface area contributed by atoms with Gasteiger partial charge in [-0.15, -0.1) is 0 Å². The Morgan fingerprint density at radius 3 is 1.68 bits per heavy atom. The van der Waals surface area contributed by atoms with Gasteiger partial charge in [-0.25, -0.2) is 0 Å². The molecule has 0 aromatic carbocycles. The molecule has 0 bridgehead atoms. The molecule has 4 heteroatoms. The molecule has 0 radical (unpaired) electrons. The molecule has 59 heavy (non-hydrogen) atoms. The van der Waals surface area contributed by atoms with Gasteiger partial charge in [-0.05, 0) is 110 Å². The van der Waals surface area contributed by atoms with Gasteiger partial charge in [-0.1, -0.05) is 195 Å². The summed E-state index contributed by atoms with van der Waals surface area (Å²) in [4.78, 5) is 27.0. The van der Waals surface area contributed by atoms with Crippen molar-refractivity contribution in [3.63, 3.8) is 0 Å². The number of ether oxygens (including phenoxy) is 2. The van der Waals surface area contributed by atoms with E-state index in [2.05, 4.69) is 61.5 Å². The van der Waals surface area contributed by atoms with Crippen molar-refractivity contribution in [2.24, 2.45) is 56.7 Å². The van der Waals surface area contributed by atoms with E-state index in [-0.39, 0.29) is 51.0 Å². The van der Waals surface area contributed by atoms with Crippen molar-refractivity contribution in [1.82, 2.24) is 0 Å². The zero-order valence-corrected chi connectivity index (χ0v) is 40.6. The van der Waals surface area contributed by atoms with Crippen molar-refractivity contribution in [3.8, 4) is 0 Å². The Hall–Kier alpha value is -1.32. The monoisotopic (exact) mass is 821 g/mol. The van der Waals surface area contributed by atoms with E-state index in [0.29, 0.717) is 30.1 Å². The van der Waals surface area contributed by atoms with E-state index < -0.39 is 0 Å². The van der Waals surface area contributed by atoms with E-state index in [9.17, 15) is 9.59 Å². The van der Waals surface area contributed by atoms with Gasteiger partial charge in [-0.2, -0.15) is 0 Å². The van der Waals surface area contributed by atoms with E-state index in [1.807, 2.05) is 0 Å². The fourth-order valence-electron chi connectivity index (χ4n) is 15.2. The molecule has 0 spiro atoms. The van der Waals surface area contributed by atoms with Crippen molar-refractivity contribution in [3.05, 3.63) is 11.6 Å². The molecule has 5 aliphatic rings. The Morgan fingerprint density at radius 2 is 1.15 bits per heavy atom. The topological polar surface area (TPSA) is 52.6 Å². The number of carbonyl (C=O) groups is 2. The maximum absolute atomic E-state index is 13.7. The SMILES string of the molecule is CCCCCCCCCCCCCCCCCCCCCCCC(=O)O[C@H]1CC[C@]2(C)[C@H]3CC=C4[C@@H]5[C@@H](C)[C@H](C)CC[C@]5(C(=O)OC)CC[C@@]4(C)[C@]3(C)CC[C@H]2C1(C)C. The molecule has 0 unspecified atom stereocenters. The molecule has 4 fully saturated rings. The predicted molar refractivity (Wildman–Crippen MR) is 248 cm³/mol. The van der Waals surface area contributed by atoms with Crippen LogP contribution in [0.4, 0.5) is 0 Å². The maximum Gasteiger partial charge on any atom is 0.312 e. The molecule has 0 aliphatic heterocycles. The summed E-state index contributed by atoms with van der Waals surface area (Å²) in [5.74, 6) is 2.61. The van der Waals surface area contributed by atoms with Crippen molar-refractivity contribution in [2.45, 2.75) is 261 Å². The van der Waals surface area contributed by atoms with Crippen LogP contribution in [0, 0.1) is 56.7 Å². The zero-order valence-electron chi connectivity index (χ0n) is 40.6. The Labute approximate surface area is 365 Å². The van der Waals surface area contributed by atoms with E-state index in [0.717, 1.165) is 57.8 Å². The van der Waals surface area contributed by atoms with E-state index >= 15 is 0 Å². The Kier molecular flexibility index (Phi) is 18.0. The summed E-state index contributed by atoms with van der Waals surface area (Å²) in [5, 5.41) is 0. The number of rotatable bonds is 24. The molecule has 10 atom stereocenters. The summed E-state index contributed by atoms with van der Waals surface area (Å²) in [5.41, 5.74) is 1.70. The van der Waals surface area contributed by atoms with Crippen molar-refractivity contribution < 1.29 is 19.1 Å². The number of esters is 2. The molecular formula is C55H96O4. The molecule has 0 amide bonds. The van der Waals surface area contributed by atoms with Crippen LogP contribution in [0.15, 0.2) is 11.6 Å². The van der Waals surface area contributed by atoms with Gasteiger partial charge >= 0.3 is 11.9 Å². The second-order valence-electron chi connectivity index (χ2n) is 23.0. The van der Waals surface area contributed by atoms with Crippen molar-refractivity contribution in [1.29, 1.82) is 0 Å². The average molecular weight is 821 g/mol. The molecule has 5 rings (SSSR count). The summed E-state index contributed by atoms with van der Waals surface area (Å²) in [6.07, 6.45) is 41.9. The lowest BCUT2D eigenvalue weighted by molar-refractivity contribution is -0.215. The molecule has 4 nitrogen and oxygen atoms in total. The molecule has 0 aromatic heterocycles. The molecule has 4 saturated carbocycles. The molecule has 0 saturated heterocycles. The second kappa shape index (κ2) is 21.8. The second-order valence-corrected chi connectivity index (χ2v) is 23.0. The highest BCUT2D eigenvalue weighted by Gasteiger charge is 2.70. The van der Waals surface area contributed by atoms with Crippen LogP contribution in [0.25, 0.3) is 0 Å². The zero-order chi connectivity index (χ0) is 42.7. The van der Waals surface area contributed by atoms with Crippen LogP contribution in [-0.2, 0) is 19.1 Å². The normalized spacial score (nSPS) is 36.1. The van der Waals surface area contributed by atoms with Crippen LogP contribution in [0.1, 0.15) is 254 Å². The Morgan fingerprint density at radius 1 is 0.627 bits per heavy atom. The summed E-state index contributed by atoms with van der Waals surface area (Å²) in [7, 11) is 1.61. The van der Waals surface area contributed by atoms with Gasteiger partial charge in [-0.3, -0.25) is 9.59 Å². The van der Waals surface area contributed by atoms with Crippen LogP contribution in [0.5, 0.6) is 0 Å². The quantitative estimate of drug-likeness (QED) is 0.0553. The Balaban J connectivity index is 0.993. The number of fused-ring (bicyclic) bond motifs is 7. The van der Waals surface area contributed by atoms with E-state index in [4.69, 9.17) is 9.47 Å². The minimum absolute atomic E-state index is 0.0116. The first kappa shape index (κ1) is 48.7. The number of unbranched alkanes of at least 4 members (excludes halogenated alkanes) is 20. The van der Waals surface area contributed by atoms with Gasteiger partial charge in [0.1, 0.15) is 6.10 Å². The first-order valence-corrected chi connectivity index (χ1v) is 26.2. The predicted octanol–water partition coefficient (Wildman–Crippen LogP) is 16.3. The fourth-order valence-corrected chi connectivity index (χ4v) is 15.2. The molecule has 0 N–H and O–H groups in total. The minimum Gasteiger partial charge on any atom is -0.469 e. The van der Waals surface area contributed by atoms with Crippen LogP contribution in [0.2, 0.25) is 0 Å². The average Bonchev–Trinajstić information content (AvgIpc) is 3.20. The highest BCUT2D eigenvalue weighted by atomic mass is 16.5. The summed E-state index contributed by atoms with van der Waals surface area (Å²) in [6.45, 7) is 19.9. The number of hydrogen-bond donors (Lipinski definition) is 0. The van der Waals surface area contributed by atoms with Gasteiger partial charge in [0.05, 0.1) is 12.5 Å². The third kappa shape index (κ3) is 10.6. The smallest absolute Gasteiger partial charge is 0.312 e. The first-order valence-electron chi connectivity index (χ1n) is 26.2. The molecule has 5 aliphatic carbocycles. The van der Waals surface area contributed by atoms with Gasteiger partial charge in [0.15, 0.2) is 0 Å². The minimum atomic E-state index is -0.356. The van der Waals surface area contributed by atoms with E-state index in [1.54, 1.807) is 12.7 Å². The van der Waals surface area contributed by atoms with Crippen LogP contribution in [0.3, 0.4) is 0 Å². The summed E-state index contributed by atoms with van der Waals surface area (Å²) in [6, 6.07) is 0. The first-order chi connectivity index (χ1) is 28.2. The molecular weight excluding hydrogens is 725 g/mol. The largest absolute Gasteiger partial charge is 0.469 e. The van der Waals surface area contributed by atoms with Crippen molar-refractivity contribution >= 4 is 11.9 Å². The number of hydrogen-bond acceptors (Lipinski definition) is 4. The number of allylic oxidation sites excluding steroid dienone is 2. The van der Waals surface area contributed by atoms with Gasteiger partial charge in [0, 0.05) is 11.8 Å². The standard InChI is InChI=1S/C55H96O4/c1-10-11-12-13-14-15-16-17-18-19-20-21-22-23-24-25-26-27-28-29-30-31-48(56)59-47-36-37-52(6)45(51(47,4)5)35-38-54(8)46(52)33-32-44-49-43(3)42(2)34-39-55(49,50(57)58-9)41-40-53(44,54)7/h32,42-43,45-47,49H,10-31,33-41H2,1-9H3/t42-,43+,45+,46-,47+,49+,52+,53-,54-,55+/m1/s1. The maximum atomic E-state index is 13.7. The number of methoxy groups -OCH3 is 1. The lowest BCUT2D eigenvalue weighted by atomic mass is 9.33. The third-order valence-corrected chi connectivity index (χ3v) is 19.3. The van der Waals surface area contributed by atoms with Crippen LogP contribution < -0.4 is 0 Å². The Bertz CT molecular complexity index is 1350. The van der Waals surface area contributed by atoms with Gasteiger partial charge in [0.25, 0.3) is 0 Å². The van der Waals surface area contributed by atoms with Crippen LogP contribution >= 0.6 is 0 Å².